The quantitative estimate of drug-likeness (QED) is 0.801. The van der Waals surface area contributed by atoms with Crippen molar-refractivity contribution in [2.24, 2.45) is 0 Å². The lowest BCUT2D eigenvalue weighted by Crippen LogP contribution is -2.39. The van der Waals surface area contributed by atoms with Gasteiger partial charge in [0, 0.05) is 39.1 Å². The molecule has 26 heavy (non-hydrogen) atoms. The molecule has 1 fully saturated rings. The normalized spacial score (nSPS) is 20.0. The number of rotatable bonds is 7. The van der Waals surface area contributed by atoms with Gasteiger partial charge >= 0.3 is 0 Å². The third-order valence-corrected chi connectivity index (χ3v) is 4.70. The molecule has 7 nitrogen and oxygen atoms in total. The Morgan fingerprint density at radius 1 is 1.31 bits per heavy atom. The maximum absolute atomic E-state index is 13.6. The van der Waals surface area contributed by atoms with E-state index in [9.17, 15) is 4.39 Å². The van der Waals surface area contributed by atoms with E-state index in [4.69, 9.17) is 4.74 Å². The second kappa shape index (κ2) is 8.37. The highest BCUT2D eigenvalue weighted by molar-refractivity contribution is 5.44. The van der Waals surface area contributed by atoms with E-state index in [2.05, 4.69) is 44.2 Å². The zero-order chi connectivity index (χ0) is 18.5. The largest absolute Gasteiger partial charge is 0.378 e. The van der Waals surface area contributed by atoms with Crippen LogP contribution in [-0.4, -0.2) is 72.8 Å². The van der Waals surface area contributed by atoms with E-state index in [-0.39, 0.29) is 11.9 Å². The van der Waals surface area contributed by atoms with Gasteiger partial charge in [-0.05, 0) is 38.2 Å². The minimum Gasteiger partial charge on any atom is -0.378 e. The van der Waals surface area contributed by atoms with E-state index in [0.717, 1.165) is 18.9 Å². The Bertz CT molecular complexity index is 728. The van der Waals surface area contributed by atoms with Crippen molar-refractivity contribution in [2.45, 2.75) is 18.6 Å². The molecule has 140 valence electrons. The highest BCUT2D eigenvalue weighted by Gasteiger charge is 2.34. The first-order valence-electron chi connectivity index (χ1n) is 8.68. The molecule has 3 heterocycles. The van der Waals surface area contributed by atoms with E-state index >= 15 is 0 Å². The number of halogens is 1. The first-order valence-corrected chi connectivity index (χ1v) is 8.68. The summed E-state index contributed by atoms with van der Waals surface area (Å²) in [4.78, 5) is 17.0. The maximum atomic E-state index is 13.6. The highest BCUT2D eigenvalue weighted by Crippen LogP contribution is 2.22. The van der Waals surface area contributed by atoms with Gasteiger partial charge in [-0.15, -0.1) is 0 Å². The molecule has 1 aliphatic rings. The van der Waals surface area contributed by atoms with Crippen LogP contribution >= 0.6 is 0 Å². The van der Waals surface area contributed by atoms with Crippen molar-refractivity contribution < 1.29 is 9.13 Å². The van der Waals surface area contributed by atoms with Crippen molar-refractivity contribution in [3.63, 3.8) is 0 Å². The van der Waals surface area contributed by atoms with Gasteiger partial charge in [0.2, 0.25) is 5.95 Å². The van der Waals surface area contributed by atoms with Crippen LogP contribution in [0.4, 0.5) is 16.2 Å². The molecule has 0 radical (unpaired) electrons. The number of methoxy groups -OCH3 is 1. The first kappa shape index (κ1) is 18.5. The number of nitrogens with one attached hydrogen (secondary N) is 1. The molecule has 2 aromatic rings. The smallest absolute Gasteiger partial charge is 0.224 e. The van der Waals surface area contributed by atoms with Gasteiger partial charge in [-0.25, -0.2) is 9.37 Å². The summed E-state index contributed by atoms with van der Waals surface area (Å²) < 4.78 is 19.2. The molecule has 0 saturated carbocycles. The molecule has 3 rings (SSSR count). The van der Waals surface area contributed by atoms with Crippen molar-refractivity contribution in [1.82, 2.24) is 19.9 Å². The number of nitrogens with zero attached hydrogens (tertiary/aromatic N) is 5. The summed E-state index contributed by atoms with van der Waals surface area (Å²) in [5.74, 6) is 1.12. The highest BCUT2D eigenvalue weighted by atomic mass is 19.1. The Kier molecular flexibility index (Phi) is 5.95. The summed E-state index contributed by atoms with van der Waals surface area (Å²) in [6, 6.07) is 3.91. The van der Waals surface area contributed by atoms with Crippen LogP contribution < -0.4 is 10.2 Å². The standard InChI is InChI=1S/C18H25FN6O/c1-24(2)15-11-25(12-16(15)26-3)17-6-9-22-18(23-17)21-8-5-13-4-7-20-10-14(13)19/h4,6-7,9-10,15-16H,5,8,11-12H2,1-3H3,(H,21,22,23)/t15-,16+/m0/s1. The van der Waals surface area contributed by atoms with Crippen LogP contribution in [0.15, 0.2) is 30.7 Å². The van der Waals surface area contributed by atoms with E-state index in [0.29, 0.717) is 30.5 Å². The molecule has 2 atom stereocenters. The molecule has 0 spiro atoms. The molecule has 0 amide bonds. The van der Waals surface area contributed by atoms with Gasteiger partial charge in [0.1, 0.15) is 11.6 Å². The topological polar surface area (TPSA) is 66.4 Å². The molecular weight excluding hydrogens is 335 g/mol. The molecule has 0 unspecified atom stereocenters. The second-order valence-electron chi connectivity index (χ2n) is 6.59. The van der Waals surface area contributed by atoms with E-state index < -0.39 is 0 Å². The van der Waals surface area contributed by atoms with E-state index in [1.54, 1.807) is 25.6 Å². The number of likely N-dealkylation sites (N-methyl/N-ethyl adjacent to an activating group) is 1. The first-order chi connectivity index (χ1) is 12.6. The van der Waals surface area contributed by atoms with Gasteiger partial charge in [-0.2, -0.15) is 4.98 Å². The third-order valence-electron chi connectivity index (χ3n) is 4.70. The van der Waals surface area contributed by atoms with Crippen LogP contribution in [0.1, 0.15) is 5.56 Å². The lowest BCUT2D eigenvalue weighted by atomic mass is 10.2. The van der Waals surface area contributed by atoms with Crippen molar-refractivity contribution in [1.29, 1.82) is 0 Å². The Morgan fingerprint density at radius 3 is 2.85 bits per heavy atom. The van der Waals surface area contributed by atoms with Crippen LogP contribution in [0, 0.1) is 5.82 Å². The summed E-state index contributed by atoms with van der Waals surface area (Å²) in [6.07, 6.45) is 5.25. The number of aromatic nitrogens is 3. The van der Waals surface area contributed by atoms with Crippen molar-refractivity contribution in [3.05, 3.63) is 42.1 Å². The number of hydrogen-bond donors (Lipinski definition) is 1. The van der Waals surface area contributed by atoms with Crippen LogP contribution in [0.25, 0.3) is 0 Å². The Labute approximate surface area is 153 Å². The number of ether oxygens (including phenoxy) is 1. The molecule has 2 aromatic heterocycles. The fourth-order valence-corrected chi connectivity index (χ4v) is 3.20. The van der Waals surface area contributed by atoms with Gasteiger partial charge in [0.25, 0.3) is 0 Å². The minimum absolute atomic E-state index is 0.144. The lowest BCUT2D eigenvalue weighted by Gasteiger charge is -2.23. The van der Waals surface area contributed by atoms with Crippen LogP contribution in [0.5, 0.6) is 0 Å². The SMILES string of the molecule is CO[C@@H]1CN(c2ccnc(NCCc3ccncc3F)n2)C[C@@H]1N(C)C. The fourth-order valence-electron chi connectivity index (χ4n) is 3.20. The van der Waals surface area contributed by atoms with Gasteiger partial charge in [0.15, 0.2) is 0 Å². The van der Waals surface area contributed by atoms with Gasteiger partial charge in [-0.1, -0.05) is 0 Å². The summed E-state index contributed by atoms with van der Waals surface area (Å²) in [6.45, 7) is 2.19. The average Bonchev–Trinajstić information content (AvgIpc) is 3.08. The molecule has 0 aliphatic carbocycles. The average molecular weight is 360 g/mol. The Hall–Kier alpha value is -2.32. The minimum atomic E-state index is -0.290. The van der Waals surface area contributed by atoms with Crippen molar-refractivity contribution >= 4 is 11.8 Å². The lowest BCUT2D eigenvalue weighted by molar-refractivity contribution is 0.0639. The fraction of sp³-hybridized carbons (Fsp3) is 0.500. The zero-order valence-electron chi connectivity index (χ0n) is 15.4. The molecule has 1 N–H and O–H groups in total. The molecular formula is C18H25FN6O. The summed E-state index contributed by atoms with van der Waals surface area (Å²) in [7, 11) is 5.87. The Balaban J connectivity index is 1.61. The van der Waals surface area contributed by atoms with Gasteiger partial charge in [0.05, 0.1) is 18.3 Å². The summed E-state index contributed by atoms with van der Waals surface area (Å²) >= 11 is 0. The molecule has 0 bridgehead atoms. The predicted molar refractivity (Wildman–Crippen MR) is 98.9 cm³/mol. The molecule has 1 aliphatic heterocycles. The molecule has 1 saturated heterocycles. The van der Waals surface area contributed by atoms with E-state index in [1.807, 2.05) is 6.07 Å². The zero-order valence-corrected chi connectivity index (χ0v) is 15.4. The Morgan fingerprint density at radius 2 is 2.15 bits per heavy atom. The van der Waals surface area contributed by atoms with Crippen LogP contribution in [0.2, 0.25) is 0 Å². The van der Waals surface area contributed by atoms with Crippen molar-refractivity contribution in [2.75, 3.05) is 51.1 Å². The molecule has 0 aromatic carbocycles. The number of pyridine rings is 1. The predicted octanol–water partition coefficient (Wildman–Crippen LogP) is 1.43. The number of anilines is 2. The van der Waals surface area contributed by atoms with Crippen LogP contribution in [0.3, 0.4) is 0 Å². The van der Waals surface area contributed by atoms with E-state index in [1.165, 1.54) is 6.20 Å². The summed E-state index contributed by atoms with van der Waals surface area (Å²) in [5, 5.41) is 3.17. The van der Waals surface area contributed by atoms with Crippen LogP contribution in [-0.2, 0) is 11.2 Å². The third kappa shape index (κ3) is 4.25. The number of hydrogen-bond acceptors (Lipinski definition) is 7. The second-order valence-corrected chi connectivity index (χ2v) is 6.59. The maximum Gasteiger partial charge on any atom is 0.224 e. The monoisotopic (exact) mass is 360 g/mol. The van der Waals surface area contributed by atoms with Gasteiger partial charge in [-0.3, -0.25) is 4.98 Å². The van der Waals surface area contributed by atoms with Gasteiger partial charge < -0.3 is 19.9 Å². The van der Waals surface area contributed by atoms with Crippen molar-refractivity contribution in [3.8, 4) is 0 Å². The summed E-state index contributed by atoms with van der Waals surface area (Å²) in [5.41, 5.74) is 0.625. The molecule has 8 heteroatoms.